The van der Waals surface area contributed by atoms with Gasteiger partial charge in [0.2, 0.25) is 0 Å². The average molecular weight is 362 g/mol. The Labute approximate surface area is 119 Å². The zero-order valence-electron chi connectivity index (χ0n) is 10.6. The highest BCUT2D eigenvalue weighted by atomic mass is 127. The lowest BCUT2D eigenvalue weighted by atomic mass is 10.1. The van der Waals surface area contributed by atoms with Crippen molar-refractivity contribution in [2.75, 3.05) is 13.7 Å². The van der Waals surface area contributed by atoms with Crippen LogP contribution in [0.1, 0.15) is 29.4 Å². The Morgan fingerprint density at radius 3 is 2.67 bits per heavy atom. The van der Waals surface area contributed by atoms with Crippen LogP contribution < -0.4 is 10.2 Å². The van der Waals surface area contributed by atoms with Gasteiger partial charge in [-0.2, -0.15) is 0 Å². The summed E-state index contributed by atoms with van der Waals surface area (Å²) in [5.41, 5.74) is 2.28. The first-order chi connectivity index (χ1) is 8.58. The standard InChI is InChI=1S/C13H15IO4/c1-7-11(15)8(2)13(16-3)18-12(7)10-4-9(5-14)6-17-10/h5,10H,4,6H2,1-3H3/b9-5-. The molecule has 0 spiro atoms. The Bertz CT molecular complexity index is 545. The predicted octanol–water partition coefficient (Wildman–Crippen LogP) is 3.05. The third kappa shape index (κ3) is 2.33. The van der Waals surface area contributed by atoms with Crippen LogP contribution in [-0.4, -0.2) is 13.7 Å². The van der Waals surface area contributed by atoms with Crippen molar-refractivity contribution in [2.24, 2.45) is 0 Å². The van der Waals surface area contributed by atoms with E-state index in [1.807, 2.05) is 4.08 Å². The van der Waals surface area contributed by atoms with E-state index in [2.05, 4.69) is 22.6 Å². The van der Waals surface area contributed by atoms with Gasteiger partial charge in [0.25, 0.3) is 5.95 Å². The highest BCUT2D eigenvalue weighted by Gasteiger charge is 2.27. The monoisotopic (exact) mass is 362 g/mol. The molecule has 0 aromatic carbocycles. The third-order valence-electron chi connectivity index (χ3n) is 3.11. The van der Waals surface area contributed by atoms with Gasteiger partial charge in [-0.15, -0.1) is 0 Å². The van der Waals surface area contributed by atoms with Crippen LogP contribution in [0, 0.1) is 13.8 Å². The topological polar surface area (TPSA) is 48.7 Å². The van der Waals surface area contributed by atoms with Gasteiger partial charge in [0.1, 0.15) is 11.9 Å². The maximum Gasteiger partial charge on any atom is 0.291 e. The molecule has 4 nitrogen and oxygen atoms in total. The number of hydrogen-bond acceptors (Lipinski definition) is 4. The van der Waals surface area contributed by atoms with Gasteiger partial charge in [-0.05, 0) is 23.5 Å². The quantitative estimate of drug-likeness (QED) is 0.759. The van der Waals surface area contributed by atoms with Crippen LogP contribution in [-0.2, 0) is 4.74 Å². The van der Waals surface area contributed by atoms with Crippen LogP contribution >= 0.6 is 22.6 Å². The fourth-order valence-electron chi connectivity index (χ4n) is 2.05. The van der Waals surface area contributed by atoms with Crippen molar-refractivity contribution in [3.63, 3.8) is 0 Å². The average Bonchev–Trinajstić information content (AvgIpc) is 2.85. The van der Waals surface area contributed by atoms with Gasteiger partial charge in [0, 0.05) is 12.0 Å². The van der Waals surface area contributed by atoms with Gasteiger partial charge in [-0.3, -0.25) is 4.79 Å². The van der Waals surface area contributed by atoms with Crippen LogP contribution in [0.5, 0.6) is 5.95 Å². The summed E-state index contributed by atoms with van der Waals surface area (Å²) in [6, 6.07) is 0. The SMILES string of the molecule is COc1oc(C2C/C(=C/I)CO2)c(C)c(=O)c1C. The van der Waals surface area contributed by atoms with Crippen molar-refractivity contribution in [2.45, 2.75) is 26.4 Å². The van der Waals surface area contributed by atoms with Gasteiger partial charge in [-0.1, -0.05) is 22.6 Å². The van der Waals surface area contributed by atoms with Crippen molar-refractivity contribution >= 4 is 22.6 Å². The van der Waals surface area contributed by atoms with E-state index in [1.54, 1.807) is 13.8 Å². The first kappa shape index (κ1) is 13.6. The molecule has 18 heavy (non-hydrogen) atoms. The molecule has 1 aliphatic rings. The Morgan fingerprint density at radius 2 is 2.11 bits per heavy atom. The van der Waals surface area contributed by atoms with Crippen molar-refractivity contribution < 1.29 is 13.9 Å². The summed E-state index contributed by atoms with van der Waals surface area (Å²) >= 11 is 2.19. The molecule has 0 aliphatic carbocycles. The summed E-state index contributed by atoms with van der Waals surface area (Å²) in [5, 5.41) is 0. The molecular formula is C13H15IO4. The molecule has 2 heterocycles. The van der Waals surface area contributed by atoms with Crippen molar-refractivity contribution in [1.29, 1.82) is 0 Å². The lowest BCUT2D eigenvalue weighted by Gasteiger charge is -2.13. The third-order valence-corrected chi connectivity index (χ3v) is 3.99. The molecule has 1 aliphatic heterocycles. The van der Waals surface area contributed by atoms with Crippen molar-refractivity contribution in [3.05, 3.63) is 36.8 Å². The van der Waals surface area contributed by atoms with Crippen LogP contribution in [0.3, 0.4) is 0 Å². The molecule has 2 rings (SSSR count). The number of methoxy groups -OCH3 is 1. The van der Waals surface area contributed by atoms with E-state index in [4.69, 9.17) is 13.9 Å². The molecule has 1 unspecified atom stereocenters. The molecule has 0 radical (unpaired) electrons. The summed E-state index contributed by atoms with van der Waals surface area (Å²) < 4.78 is 18.4. The number of rotatable bonds is 2. The Hall–Kier alpha value is -0.820. The van der Waals surface area contributed by atoms with Gasteiger partial charge in [0.15, 0.2) is 5.43 Å². The normalized spacial score (nSPS) is 21.6. The molecule has 5 heteroatoms. The Kier molecular flexibility index (Phi) is 4.11. The largest absolute Gasteiger partial charge is 0.468 e. The minimum Gasteiger partial charge on any atom is -0.468 e. The molecule has 0 saturated carbocycles. The van der Waals surface area contributed by atoms with Gasteiger partial charge >= 0.3 is 0 Å². The minimum absolute atomic E-state index is 0.0383. The van der Waals surface area contributed by atoms with Crippen LogP contribution in [0.2, 0.25) is 0 Å². The number of halogens is 1. The van der Waals surface area contributed by atoms with Crippen LogP contribution in [0.25, 0.3) is 0 Å². The molecule has 0 bridgehead atoms. The predicted molar refractivity (Wildman–Crippen MR) is 76.4 cm³/mol. The highest BCUT2D eigenvalue weighted by molar-refractivity contribution is 14.1. The van der Waals surface area contributed by atoms with E-state index in [-0.39, 0.29) is 17.5 Å². The maximum absolute atomic E-state index is 12.1. The van der Waals surface area contributed by atoms with E-state index in [0.717, 1.165) is 6.42 Å². The summed E-state index contributed by atoms with van der Waals surface area (Å²) in [5.74, 6) is 0.854. The molecule has 1 fully saturated rings. The van der Waals surface area contributed by atoms with E-state index in [0.29, 0.717) is 23.5 Å². The van der Waals surface area contributed by atoms with Gasteiger partial charge in [-0.25, -0.2) is 0 Å². The highest BCUT2D eigenvalue weighted by Crippen LogP contribution is 2.35. The molecule has 1 aromatic rings. The van der Waals surface area contributed by atoms with E-state index in [1.165, 1.54) is 12.7 Å². The molecule has 1 saturated heterocycles. The second kappa shape index (κ2) is 5.44. The van der Waals surface area contributed by atoms with Crippen molar-refractivity contribution in [1.82, 2.24) is 0 Å². The molecule has 0 N–H and O–H groups in total. The van der Waals surface area contributed by atoms with Crippen molar-refractivity contribution in [3.8, 4) is 5.95 Å². The number of ether oxygens (including phenoxy) is 2. The zero-order chi connectivity index (χ0) is 13.3. The number of hydrogen-bond donors (Lipinski definition) is 0. The van der Waals surface area contributed by atoms with E-state index >= 15 is 0 Å². The lowest BCUT2D eigenvalue weighted by molar-refractivity contribution is 0.0880. The Balaban J connectivity index is 2.46. The van der Waals surface area contributed by atoms with Gasteiger partial charge in [0.05, 0.1) is 19.3 Å². The van der Waals surface area contributed by atoms with E-state index in [9.17, 15) is 4.79 Å². The molecule has 98 valence electrons. The molecular weight excluding hydrogens is 347 g/mol. The molecule has 1 atom stereocenters. The smallest absolute Gasteiger partial charge is 0.291 e. The van der Waals surface area contributed by atoms with E-state index < -0.39 is 0 Å². The molecule has 0 amide bonds. The summed E-state index contributed by atoms with van der Waals surface area (Å²) in [6.45, 7) is 4.06. The van der Waals surface area contributed by atoms with Gasteiger partial charge < -0.3 is 13.9 Å². The fraction of sp³-hybridized carbons (Fsp3) is 0.462. The minimum atomic E-state index is -0.187. The zero-order valence-corrected chi connectivity index (χ0v) is 12.7. The lowest BCUT2D eigenvalue weighted by Crippen LogP contribution is -2.15. The molecule has 1 aromatic heterocycles. The first-order valence-corrected chi connectivity index (χ1v) is 6.91. The first-order valence-electron chi connectivity index (χ1n) is 5.66. The second-order valence-electron chi connectivity index (χ2n) is 4.31. The summed E-state index contributed by atoms with van der Waals surface area (Å²) in [4.78, 5) is 12.1. The second-order valence-corrected chi connectivity index (χ2v) is 4.93. The summed E-state index contributed by atoms with van der Waals surface area (Å²) in [6.07, 6.45) is 0.576. The maximum atomic E-state index is 12.1. The summed E-state index contributed by atoms with van der Waals surface area (Å²) in [7, 11) is 1.50. The van der Waals surface area contributed by atoms with Crippen LogP contribution in [0.15, 0.2) is 18.9 Å². The Morgan fingerprint density at radius 1 is 1.39 bits per heavy atom. The van der Waals surface area contributed by atoms with Crippen LogP contribution in [0.4, 0.5) is 0 Å². The fourth-order valence-corrected chi connectivity index (χ4v) is 2.48.